The zero-order valence-corrected chi connectivity index (χ0v) is 14.9. The predicted molar refractivity (Wildman–Crippen MR) is 94.0 cm³/mol. The summed E-state index contributed by atoms with van der Waals surface area (Å²) in [5, 5.41) is 23.5. The van der Waals surface area contributed by atoms with Gasteiger partial charge in [-0.25, -0.2) is 0 Å². The van der Waals surface area contributed by atoms with Gasteiger partial charge >= 0.3 is 6.18 Å². The highest BCUT2D eigenvalue weighted by Gasteiger charge is 2.33. The molecule has 2 aromatic rings. The van der Waals surface area contributed by atoms with E-state index >= 15 is 0 Å². The van der Waals surface area contributed by atoms with Crippen molar-refractivity contribution in [1.29, 1.82) is 0 Å². The molecule has 0 saturated heterocycles. The van der Waals surface area contributed by atoms with Crippen LogP contribution in [-0.2, 0) is 11.0 Å². The molecule has 7 nitrogen and oxygen atoms in total. The van der Waals surface area contributed by atoms with Gasteiger partial charge in [0.05, 0.1) is 10.5 Å². The normalized spacial score (nSPS) is 13.5. The van der Waals surface area contributed by atoms with E-state index in [0.29, 0.717) is 5.56 Å². The van der Waals surface area contributed by atoms with E-state index in [2.05, 4.69) is 5.32 Å². The average Bonchev–Trinajstić information content (AvgIpc) is 2.59. The first-order valence-corrected chi connectivity index (χ1v) is 7.99. The van der Waals surface area contributed by atoms with Crippen LogP contribution in [-0.4, -0.2) is 28.1 Å². The lowest BCUT2D eigenvalue weighted by Crippen LogP contribution is -2.45. The van der Waals surface area contributed by atoms with Crippen molar-refractivity contribution in [3.63, 3.8) is 0 Å². The first-order chi connectivity index (χ1) is 12.9. The van der Waals surface area contributed by atoms with Crippen molar-refractivity contribution < 1.29 is 32.7 Å². The second-order valence-electron chi connectivity index (χ2n) is 6.30. The number of nitro benzene ring substituents is 1. The van der Waals surface area contributed by atoms with E-state index in [-0.39, 0.29) is 17.1 Å². The highest BCUT2D eigenvalue weighted by Crippen LogP contribution is 2.31. The SMILES string of the molecule is Cc1cc(NC(=O)C(C)(O)COc2cccc(C(F)(F)F)c2)ccc1[N+](=O)[O-]. The van der Waals surface area contributed by atoms with Gasteiger partial charge in [0.2, 0.25) is 0 Å². The molecule has 2 rings (SSSR count). The number of aliphatic hydroxyl groups is 1. The Bertz CT molecular complexity index is 897. The van der Waals surface area contributed by atoms with Crippen LogP contribution in [0, 0.1) is 17.0 Å². The molecular weight excluding hydrogens is 381 g/mol. The van der Waals surface area contributed by atoms with Crippen molar-refractivity contribution in [2.24, 2.45) is 0 Å². The van der Waals surface area contributed by atoms with Gasteiger partial charge in [-0.2, -0.15) is 13.2 Å². The molecule has 1 amide bonds. The molecule has 150 valence electrons. The van der Waals surface area contributed by atoms with E-state index < -0.39 is 34.8 Å². The number of ether oxygens (including phenoxy) is 1. The summed E-state index contributed by atoms with van der Waals surface area (Å²) in [5.41, 5.74) is -2.59. The second-order valence-corrected chi connectivity index (χ2v) is 6.30. The fraction of sp³-hybridized carbons (Fsp3) is 0.278. The Morgan fingerprint density at radius 2 is 1.93 bits per heavy atom. The van der Waals surface area contributed by atoms with Crippen molar-refractivity contribution >= 4 is 17.3 Å². The molecule has 10 heteroatoms. The van der Waals surface area contributed by atoms with Crippen LogP contribution in [0.4, 0.5) is 24.5 Å². The molecule has 0 bridgehead atoms. The third-order valence-electron chi connectivity index (χ3n) is 3.82. The number of anilines is 1. The summed E-state index contributed by atoms with van der Waals surface area (Å²) in [4.78, 5) is 22.5. The first-order valence-electron chi connectivity index (χ1n) is 7.99. The van der Waals surface area contributed by atoms with Crippen molar-refractivity contribution in [3.05, 3.63) is 63.7 Å². The highest BCUT2D eigenvalue weighted by molar-refractivity contribution is 5.97. The van der Waals surface area contributed by atoms with Gasteiger partial charge in [0.15, 0.2) is 5.60 Å². The Balaban J connectivity index is 2.05. The quantitative estimate of drug-likeness (QED) is 0.571. The topological polar surface area (TPSA) is 102 Å². The lowest BCUT2D eigenvalue weighted by atomic mass is 10.1. The summed E-state index contributed by atoms with van der Waals surface area (Å²) in [7, 11) is 0. The Kier molecular flexibility index (Phi) is 5.93. The van der Waals surface area contributed by atoms with E-state index in [1.807, 2.05) is 0 Å². The van der Waals surface area contributed by atoms with Crippen LogP contribution in [0.5, 0.6) is 5.75 Å². The summed E-state index contributed by atoms with van der Waals surface area (Å²) in [6.45, 7) is 2.02. The maximum atomic E-state index is 12.7. The lowest BCUT2D eigenvalue weighted by molar-refractivity contribution is -0.385. The number of hydrogen-bond donors (Lipinski definition) is 2. The standard InChI is InChI=1S/C18H17F3N2O5/c1-11-8-13(6-7-15(11)23(26)27)22-16(24)17(2,25)10-28-14-5-3-4-12(9-14)18(19,20)21/h3-9,25H,10H2,1-2H3,(H,22,24). The van der Waals surface area contributed by atoms with Crippen LogP contribution in [0.1, 0.15) is 18.1 Å². The molecule has 0 aliphatic rings. The van der Waals surface area contributed by atoms with Gasteiger partial charge in [0, 0.05) is 17.3 Å². The number of alkyl halides is 3. The second kappa shape index (κ2) is 7.85. The molecule has 2 aromatic carbocycles. The number of rotatable bonds is 6. The van der Waals surface area contributed by atoms with E-state index in [0.717, 1.165) is 25.1 Å². The van der Waals surface area contributed by atoms with Crippen LogP contribution in [0.15, 0.2) is 42.5 Å². The Morgan fingerprint density at radius 3 is 2.50 bits per heavy atom. The number of nitrogens with one attached hydrogen (secondary N) is 1. The molecule has 28 heavy (non-hydrogen) atoms. The molecule has 2 N–H and O–H groups in total. The number of amides is 1. The largest absolute Gasteiger partial charge is 0.490 e. The molecule has 0 spiro atoms. The minimum absolute atomic E-state index is 0.127. The highest BCUT2D eigenvalue weighted by atomic mass is 19.4. The smallest absolute Gasteiger partial charge is 0.416 e. The molecule has 0 heterocycles. The van der Waals surface area contributed by atoms with Crippen LogP contribution >= 0.6 is 0 Å². The number of halogens is 3. The molecule has 1 unspecified atom stereocenters. The molecule has 0 aliphatic heterocycles. The van der Waals surface area contributed by atoms with Crippen LogP contribution in [0.3, 0.4) is 0 Å². The zero-order chi connectivity index (χ0) is 21.1. The molecule has 0 radical (unpaired) electrons. The van der Waals surface area contributed by atoms with E-state index in [1.54, 1.807) is 0 Å². The Labute approximate surface area is 157 Å². The number of carbonyl (C=O) groups excluding carboxylic acids is 1. The third-order valence-corrected chi connectivity index (χ3v) is 3.82. The number of benzene rings is 2. The van der Waals surface area contributed by atoms with Crippen molar-refractivity contribution in [2.75, 3.05) is 11.9 Å². The molecule has 1 atom stereocenters. The molecule has 0 saturated carbocycles. The van der Waals surface area contributed by atoms with E-state index in [1.165, 1.54) is 31.2 Å². The molecule has 0 aliphatic carbocycles. The predicted octanol–water partition coefficient (Wildman–Crippen LogP) is 3.69. The maximum absolute atomic E-state index is 12.7. The van der Waals surface area contributed by atoms with Crippen LogP contribution < -0.4 is 10.1 Å². The summed E-state index contributed by atoms with van der Waals surface area (Å²) in [5.74, 6) is -1.04. The van der Waals surface area contributed by atoms with Gasteiger partial charge in [-0.15, -0.1) is 0 Å². The van der Waals surface area contributed by atoms with Gasteiger partial charge in [0.25, 0.3) is 11.6 Å². The average molecular weight is 398 g/mol. The van der Waals surface area contributed by atoms with Crippen LogP contribution in [0.2, 0.25) is 0 Å². The maximum Gasteiger partial charge on any atom is 0.416 e. The van der Waals surface area contributed by atoms with Crippen molar-refractivity contribution in [2.45, 2.75) is 25.6 Å². The number of carbonyl (C=O) groups is 1. The number of nitrogens with zero attached hydrogens (tertiary/aromatic N) is 1. The summed E-state index contributed by atoms with van der Waals surface area (Å²) in [6.07, 6.45) is -4.55. The number of aryl methyl sites for hydroxylation is 1. The molecule has 0 fully saturated rings. The minimum Gasteiger partial charge on any atom is -0.490 e. The Hall–Kier alpha value is -3.14. The molecular formula is C18H17F3N2O5. The van der Waals surface area contributed by atoms with Gasteiger partial charge in [0.1, 0.15) is 12.4 Å². The van der Waals surface area contributed by atoms with Crippen LogP contribution in [0.25, 0.3) is 0 Å². The monoisotopic (exact) mass is 398 g/mol. The van der Waals surface area contributed by atoms with E-state index in [9.17, 15) is 33.2 Å². The van der Waals surface area contributed by atoms with Gasteiger partial charge < -0.3 is 15.2 Å². The number of hydrogen-bond acceptors (Lipinski definition) is 5. The summed E-state index contributed by atoms with van der Waals surface area (Å²) < 4.78 is 43.3. The van der Waals surface area contributed by atoms with E-state index in [4.69, 9.17) is 4.74 Å². The van der Waals surface area contributed by atoms with Gasteiger partial charge in [-0.3, -0.25) is 14.9 Å². The summed E-state index contributed by atoms with van der Waals surface area (Å²) >= 11 is 0. The third kappa shape index (κ3) is 5.19. The van der Waals surface area contributed by atoms with Gasteiger partial charge in [-0.05, 0) is 44.2 Å². The van der Waals surface area contributed by atoms with Crippen molar-refractivity contribution in [1.82, 2.24) is 0 Å². The summed E-state index contributed by atoms with van der Waals surface area (Å²) in [6, 6.07) is 7.91. The number of nitro groups is 1. The van der Waals surface area contributed by atoms with Crippen molar-refractivity contribution in [3.8, 4) is 5.75 Å². The fourth-order valence-corrected chi connectivity index (χ4v) is 2.26. The first kappa shape index (κ1) is 21.2. The lowest BCUT2D eigenvalue weighted by Gasteiger charge is -2.23. The van der Waals surface area contributed by atoms with Gasteiger partial charge in [-0.1, -0.05) is 6.07 Å². The fourth-order valence-electron chi connectivity index (χ4n) is 2.26. The molecule has 0 aromatic heterocycles. The zero-order valence-electron chi connectivity index (χ0n) is 14.9. The Morgan fingerprint density at radius 1 is 1.25 bits per heavy atom. The minimum atomic E-state index is -4.55.